The van der Waals surface area contributed by atoms with Gasteiger partial charge in [0.05, 0.1) is 42.7 Å². The van der Waals surface area contributed by atoms with E-state index in [1.807, 2.05) is 6.20 Å². The summed E-state index contributed by atoms with van der Waals surface area (Å²) in [6, 6.07) is 6.49. The van der Waals surface area contributed by atoms with E-state index in [1.54, 1.807) is 7.11 Å². The molecule has 3 heterocycles. The first-order valence-corrected chi connectivity index (χ1v) is 7.95. The van der Waals surface area contributed by atoms with Gasteiger partial charge in [-0.2, -0.15) is 0 Å². The molecule has 1 aliphatic rings. The van der Waals surface area contributed by atoms with Gasteiger partial charge in [0, 0.05) is 43.2 Å². The number of aromatic nitrogens is 2. The number of hydrogen-bond acceptors (Lipinski definition) is 4. The molecular formula is C18H21N3O2. The molecule has 3 aromatic rings. The fourth-order valence-electron chi connectivity index (χ4n) is 3.59. The van der Waals surface area contributed by atoms with Crippen LogP contribution in [0.25, 0.3) is 21.8 Å². The van der Waals surface area contributed by atoms with Crippen LogP contribution in [-0.2, 0) is 11.8 Å². The number of benzene rings is 1. The van der Waals surface area contributed by atoms with Crippen LogP contribution in [0.1, 0.15) is 5.69 Å². The number of ether oxygens (including phenoxy) is 2. The van der Waals surface area contributed by atoms with E-state index in [1.165, 1.54) is 21.8 Å². The standard InChI is InChI=1S/C18H21N3O2/c1-12-18-13(4-5-19-12)14-10-16(21-6-8-23-9-7-21)17(22-3)11-15(14)20(18)2/h4-5,10-11H,6-9H2,1-3H3. The number of pyridine rings is 1. The summed E-state index contributed by atoms with van der Waals surface area (Å²) < 4.78 is 13.4. The lowest BCUT2D eigenvalue weighted by molar-refractivity contribution is 0.122. The molecule has 0 atom stereocenters. The van der Waals surface area contributed by atoms with Gasteiger partial charge < -0.3 is 18.9 Å². The van der Waals surface area contributed by atoms with Gasteiger partial charge in [0.15, 0.2) is 0 Å². The van der Waals surface area contributed by atoms with Gasteiger partial charge in [0.2, 0.25) is 0 Å². The smallest absolute Gasteiger partial charge is 0.144 e. The van der Waals surface area contributed by atoms with E-state index in [0.29, 0.717) is 0 Å². The maximum atomic E-state index is 5.68. The second kappa shape index (κ2) is 5.42. The zero-order valence-corrected chi connectivity index (χ0v) is 13.8. The third-order valence-corrected chi connectivity index (χ3v) is 4.74. The number of rotatable bonds is 2. The van der Waals surface area contributed by atoms with Crippen molar-refractivity contribution in [3.63, 3.8) is 0 Å². The first-order valence-electron chi connectivity index (χ1n) is 7.95. The number of hydrogen-bond donors (Lipinski definition) is 0. The molecule has 23 heavy (non-hydrogen) atoms. The van der Waals surface area contributed by atoms with Gasteiger partial charge in [-0.1, -0.05) is 0 Å². The lowest BCUT2D eigenvalue weighted by Gasteiger charge is -2.30. The van der Waals surface area contributed by atoms with E-state index in [0.717, 1.165) is 43.4 Å². The van der Waals surface area contributed by atoms with E-state index in [4.69, 9.17) is 9.47 Å². The Labute approximate surface area is 135 Å². The molecule has 0 unspecified atom stereocenters. The van der Waals surface area contributed by atoms with E-state index in [9.17, 15) is 0 Å². The van der Waals surface area contributed by atoms with Gasteiger partial charge in [0.25, 0.3) is 0 Å². The number of fused-ring (bicyclic) bond motifs is 3. The Morgan fingerprint density at radius 2 is 1.96 bits per heavy atom. The molecule has 0 amide bonds. The lowest BCUT2D eigenvalue weighted by atomic mass is 10.1. The largest absolute Gasteiger partial charge is 0.495 e. The van der Waals surface area contributed by atoms with Crippen molar-refractivity contribution < 1.29 is 9.47 Å². The van der Waals surface area contributed by atoms with E-state index in [2.05, 4.69) is 46.6 Å². The topological polar surface area (TPSA) is 39.5 Å². The van der Waals surface area contributed by atoms with Crippen molar-refractivity contribution in [2.75, 3.05) is 38.3 Å². The highest BCUT2D eigenvalue weighted by atomic mass is 16.5. The quantitative estimate of drug-likeness (QED) is 0.729. The molecular weight excluding hydrogens is 290 g/mol. The molecule has 0 N–H and O–H groups in total. The molecule has 2 aromatic heterocycles. The fraction of sp³-hybridized carbons (Fsp3) is 0.389. The van der Waals surface area contributed by atoms with Crippen LogP contribution in [0.3, 0.4) is 0 Å². The van der Waals surface area contributed by atoms with Crippen LogP contribution < -0.4 is 9.64 Å². The molecule has 1 aromatic carbocycles. The number of aryl methyl sites for hydroxylation is 2. The van der Waals surface area contributed by atoms with Crippen LogP contribution in [-0.4, -0.2) is 43.0 Å². The van der Waals surface area contributed by atoms with E-state index < -0.39 is 0 Å². The Morgan fingerprint density at radius 1 is 1.17 bits per heavy atom. The molecule has 1 saturated heterocycles. The summed E-state index contributed by atoms with van der Waals surface area (Å²) in [4.78, 5) is 6.78. The molecule has 5 heteroatoms. The van der Waals surface area contributed by atoms with Gasteiger partial charge >= 0.3 is 0 Å². The Balaban J connectivity index is 2.01. The highest BCUT2D eigenvalue weighted by molar-refractivity contribution is 6.10. The fourth-order valence-corrected chi connectivity index (χ4v) is 3.59. The van der Waals surface area contributed by atoms with Gasteiger partial charge in [-0.25, -0.2) is 0 Å². The minimum absolute atomic E-state index is 0.764. The van der Waals surface area contributed by atoms with Gasteiger partial charge in [-0.05, 0) is 19.1 Å². The number of nitrogens with zero attached hydrogens (tertiary/aromatic N) is 3. The summed E-state index contributed by atoms with van der Waals surface area (Å²) in [6.07, 6.45) is 1.88. The number of morpholine rings is 1. The molecule has 0 radical (unpaired) electrons. The highest BCUT2D eigenvalue weighted by Gasteiger charge is 2.19. The maximum Gasteiger partial charge on any atom is 0.144 e. The average Bonchev–Trinajstić information content (AvgIpc) is 2.88. The Kier molecular flexibility index (Phi) is 3.38. The summed E-state index contributed by atoms with van der Waals surface area (Å²) >= 11 is 0. The van der Waals surface area contributed by atoms with Crippen LogP contribution >= 0.6 is 0 Å². The third kappa shape index (κ3) is 2.15. The van der Waals surface area contributed by atoms with E-state index >= 15 is 0 Å². The Morgan fingerprint density at radius 3 is 2.70 bits per heavy atom. The van der Waals surface area contributed by atoms with Crippen molar-refractivity contribution in [3.8, 4) is 5.75 Å². The first-order chi connectivity index (χ1) is 11.2. The van der Waals surface area contributed by atoms with Crippen LogP contribution in [0.15, 0.2) is 24.4 Å². The Bertz CT molecular complexity index is 879. The first kappa shape index (κ1) is 14.3. The van der Waals surface area contributed by atoms with Crippen molar-refractivity contribution in [2.24, 2.45) is 7.05 Å². The molecule has 4 rings (SSSR count). The van der Waals surface area contributed by atoms with Crippen LogP contribution in [0.4, 0.5) is 5.69 Å². The zero-order valence-electron chi connectivity index (χ0n) is 13.8. The normalized spacial score (nSPS) is 15.5. The summed E-state index contributed by atoms with van der Waals surface area (Å²) in [5, 5.41) is 2.49. The Hall–Kier alpha value is -2.27. The lowest BCUT2D eigenvalue weighted by Crippen LogP contribution is -2.36. The monoisotopic (exact) mass is 311 g/mol. The van der Waals surface area contributed by atoms with Gasteiger partial charge in [-0.3, -0.25) is 4.98 Å². The minimum Gasteiger partial charge on any atom is -0.495 e. The van der Waals surface area contributed by atoms with Crippen molar-refractivity contribution in [1.29, 1.82) is 0 Å². The zero-order chi connectivity index (χ0) is 16.0. The van der Waals surface area contributed by atoms with Crippen LogP contribution in [0.5, 0.6) is 5.75 Å². The van der Waals surface area contributed by atoms with Crippen LogP contribution in [0.2, 0.25) is 0 Å². The van der Waals surface area contributed by atoms with Crippen molar-refractivity contribution in [3.05, 3.63) is 30.1 Å². The second-order valence-electron chi connectivity index (χ2n) is 5.99. The van der Waals surface area contributed by atoms with Crippen LogP contribution in [0, 0.1) is 6.92 Å². The minimum atomic E-state index is 0.764. The predicted octanol–water partition coefficient (Wildman–Crippen LogP) is 2.88. The molecule has 120 valence electrons. The third-order valence-electron chi connectivity index (χ3n) is 4.74. The number of methoxy groups -OCH3 is 1. The molecule has 1 aliphatic heterocycles. The van der Waals surface area contributed by atoms with Crippen molar-refractivity contribution in [1.82, 2.24) is 9.55 Å². The van der Waals surface area contributed by atoms with Crippen molar-refractivity contribution >= 4 is 27.5 Å². The molecule has 0 saturated carbocycles. The molecule has 0 aliphatic carbocycles. The van der Waals surface area contributed by atoms with Gasteiger partial charge in [0.1, 0.15) is 5.75 Å². The predicted molar refractivity (Wildman–Crippen MR) is 92.5 cm³/mol. The summed E-state index contributed by atoms with van der Waals surface area (Å²) in [5.41, 5.74) is 4.55. The highest BCUT2D eigenvalue weighted by Crippen LogP contribution is 2.38. The summed E-state index contributed by atoms with van der Waals surface area (Å²) in [6.45, 7) is 5.38. The molecule has 1 fully saturated rings. The van der Waals surface area contributed by atoms with E-state index in [-0.39, 0.29) is 0 Å². The number of anilines is 1. The molecule has 0 bridgehead atoms. The maximum absolute atomic E-state index is 5.68. The van der Waals surface area contributed by atoms with Gasteiger partial charge in [-0.15, -0.1) is 0 Å². The van der Waals surface area contributed by atoms with Crippen molar-refractivity contribution in [2.45, 2.75) is 6.92 Å². The molecule has 5 nitrogen and oxygen atoms in total. The summed E-state index contributed by atoms with van der Waals surface area (Å²) in [7, 11) is 3.83. The SMILES string of the molecule is COc1cc2c(cc1N1CCOCC1)c1ccnc(C)c1n2C. The molecule has 0 spiro atoms. The second-order valence-corrected chi connectivity index (χ2v) is 5.99. The average molecular weight is 311 g/mol. The summed E-state index contributed by atoms with van der Waals surface area (Å²) in [5.74, 6) is 0.913.